The van der Waals surface area contributed by atoms with E-state index < -0.39 is 0 Å². The fraction of sp³-hybridized carbons (Fsp3) is 1.00. The van der Waals surface area contributed by atoms with E-state index in [-0.39, 0.29) is 11.6 Å². The van der Waals surface area contributed by atoms with E-state index in [1.54, 1.807) is 7.11 Å². The van der Waals surface area contributed by atoms with E-state index in [0.29, 0.717) is 0 Å². The normalized spacial score (nSPS) is 30.3. The Labute approximate surface area is 112 Å². The molecule has 0 amide bonds. The Balaban J connectivity index is 2.66. The molecule has 0 saturated heterocycles. The van der Waals surface area contributed by atoms with Crippen LogP contribution in [0.3, 0.4) is 0 Å². The number of hydrogen-bond acceptors (Lipinski definition) is 4. The lowest BCUT2D eigenvalue weighted by atomic mass is 9.73. The highest BCUT2D eigenvalue weighted by Gasteiger charge is 2.41. The van der Waals surface area contributed by atoms with Crippen LogP contribution in [-0.2, 0) is 9.47 Å². The maximum Gasteiger partial charge on any atom is 0.0850 e. The molecule has 0 aromatic rings. The van der Waals surface area contributed by atoms with E-state index in [1.807, 2.05) is 0 Å². The number of rotatable bonds is 8. The third-order valence-electron chi connectivity index (χ3n) is 4.10. The van der Waals surface area contributed by atoms with Gasteiger partial charge in [0.1, 0.15) is 0 Å². The summed E-state index contributed by atoms with van der Waals surface area (Å²) in [4.78, 5) is 0. The Hall–Kier alpha value is -0.160. The van der Waals surface area contributed by atoms with Gasteiger partial charge in [0.05, 0.1) is 11.6 Å². The van der Waals surface area contributed by atoms with Gasteiger partial charge < -0.3 is 9.47 Å². The van der Waals surface area contributed by atoms with Crippen molar-refractivity contribution in [3.05, 3.63) is 0 Å². The molecule has 0 aromatic carbocycles. The molecule has 0 spiro atoms. The number of nitrogens with two attached hydrogens (primary N) is 1. The molecule has 0 bridgehead atoms. The SMILES string of the molecule is CCOC1(C(CCCOC)NN)CCCC(C)C1. The fourth-order valence-corrected chi connectivity index (χ4v) is 3.31. The summed E-state index contributed by atoms with van der Waals surface area (Å²) in [5.74, 6) is 6.50. The highest BCUT2D eigenvalue weighted by molar-refractivity contribution is 4.96. The van der Waals surface area contributed by atoms with E-state index in [4.69, 9.17) is 15.3 Å². The first kappa shape index (κ1) is 15.9. The first-order valence-corrected chi connectivity index (χ1v) is 7.27. The molecule has 1 aliphatic rings. The van der Waals surface area contributed by atoms with Gasteiger partial charge in [0, 0.05) is 20.3 Å². The second-order valence-corrected chi connectivity index (χ2v) is 5.55. The molecule has 3 unspecified atom stereocenters. The number of nitrogens with one attached hydrogen (secondary N) is 1. The lowest BCUT2D eigenvalue weighted by Crippen LogP contribution is -2.57. The molecular weight excluding hydrogens is 228 g/mol. The average Bonchev–Trinajstić information content (AvgIpc) is 2.35. The Bertz CT molecular complexity index is 222. The molecule has 3 atom stereocenters. The van der Waals surface area contributed by atoms with Crippen molar-refractivity contribution in [2.75, 3.05) is 20.3 Å². The lowest BCUT2D eigenvalue weighted by molar-refractivity contribution is -0.103. The van der Waals surface area contributed by atoms with Crippen molar-refractivity contribution in [2.24, 2.45) is 11.8 Å². The first-order valence-electron chi connectivity index (χ1n) is 7.27. The number of ether oxygens (including phenoxy) is 2. The van der Waals surface area contributed by atoms with E-state index in [1.165, 1.54) is 12.8 Å². The fourth-order valence-electron chi connectivity index (χ4n) is 3.31. The number of hydrazine groups is 1. The van der Waals surface area contributed by atoms with Crippen LogP contribution in [0.25, 0.3) is 0 Å². The summed E-state index contributed by atoms with van der Waals surface area (Å²) in [6, 6.07) is 0.232. The zero-order chi connectivity index (χ0) is 13.4. The Morgan fingerprint density at radius 1 is 1.50 bits per heavy atom. The minimum atomic E-state index is -0.0745. The number of hydrogen-bond donors (Lipinski definition) is 2. The molecule has 4 heteroatoms. The van der Waals surface area contributed by atoms with Crippen molar-refractivity contribution < 1.29 is 9.47 Å². The molecule has 1 saturated carbocycles. The molecule has 4 nitrogen and oxygen atoms in total. The quantitative estimate of drug-likeness (QED) is 0.398. The second kappa shape index (κ2) is 8.10. The monoisotopic (exact) mass is 258 g/mol. The summed E-state index contributed by atoms with van der Waals surface area (Å²) in [5.41, 5.74) is 2.92. The van der Waals surface area contributed by atoms with Gasteiger partial charge in [-0.25, -0.2) is 0 Å². The van der Waals surface area contributed by atoms with Gasteiger partial charge in [0.2, 0.25) is 0 Å². The molecular formula is C14H30N2O2. The summed E-state index contributed by atoms with van der Waals surface area (Å²) in [6.07, 6.45) is 6.81. The van der Waals surface area contributed by atoms with Crippen molar-refractivity contribution in [1.29, 1.82) is 0 Å². The van der Waals surface area contributed by atoms with Gasteiger partial charge in [-0.3, -0.25) is 11.3 Å². The Morgan fingerprint density at radius 3 is 2.83 bits per heavy atom. The van der Waals surface area contributed by atoms with Crippen LogP contribution in [0, 0.1) is 5.92 Å². The molecule has 0 aromatic heterocycles. The minimum Gasteiger partial charge on any atom is -0.385 e. The molecule has 0 radical (unpaired) electrons. The third-order valence-corrected chi connectivity index (χ3v) is 4.10. The molecule has 0 heterocycles. The van der Waals surface area contributed by atoms with Crippen LogP contribution < -0.4 is 11.3 Å². The van der Waals surface area contributed by atoms with Crippen molar-refractivity contribution in [1.82, 2.24) is 5.43 Å². The van der Waals surface area contributed by atoms with Gasteiger partial charge in [-0.15, -0.1) is 0 Å². The van der Waals surface area contributed by atoms with Crippen LogP contribution in [0.2, 0.25) is 0 Å². The first-order chi connectivity index (χ1) is 8.68. The summed E-state index contributed by atoms with van der Waals surface area (Å²) in [6.45, 7) is 5.94. The summed E-state index contributed by atoms with van der Waals surface area (Å²) >= 11 is 0. The van der Waals surface area contributed by atoms with Crippen molar-refractivity contribution in [3.63, 3.8) is 0 Å². The Morgan fingerprint density at radius 2 is 2.28 bits per heavy atom. The van der Waals surface area contributed by atoms with Crippen LogP contribution >= 0.6 is 0 Å². The van der Waals surface area contributed by atoms with Crippen LogP contribution in [0.15, 0.2) is 0 Å². The van der Waals surface area contributed by atoms with Crippen molar-refractivity contribution >= 4 is 0 Å². The van der Waals surface area contributed by atoms with Gasteiger partial charge in [0.15, 0.2) is 0 Å². The lowest BCUT2D eigenvalue weighted by Gasteiger charge is -2.45. The minimum absolute atomic E-state index is 0.0745. The largest absolute Gasteiger partial charge is 0.385 e. The van der Waals surface area contributed by atoms with Crippen LogP contribution in [0.1, 0.15) is 52.4 Å². The maximum absolute atomic E-state index is 6.14. The molecule has 1 rings (SSSR count). The van der Waals surface area contributed by atoms with Crippen LogP contribution in [0.5, 0.6) is 0 Å². The molecule has 0 aliphatic heterocycles. The van der Waals surface area contributed by atoms with Gasteiger partial charge in [-0.1, -0.05) is 19.8 Å². The summed E-state index contributed by atoms with van der Waals surface area (Å²) < 4.78 is 11.3. The van der Waals surface area contributed by atoms with Gasteiger partial charge in [-0.05, 0) is 38.5 Å². The van der Waals surface area contributed by atoms with E-state index in [2.05, 4.69) is 19.3 Å². The molecule has 108 valence electrons. The average molecular weight is 258 g/mol. The van der Waals surface area contributed by atoms with Crippen molar-refractivity contribution in [2.45, 2.75) is 64.0 Å². The van der Waals surface area contributed by atoms with E-state index >= 15 is 0 Å². The highest BCUT2D eigenvalue weighted by Crippen LogP contribution is 2.38. The second-order valence-electron chi connectivity index (χ2n) is 5.55. The topological polar surface area (TPSA) is 56.5 Å². The molecule has 1 aliphatic carbocycles. The van der Waals surface area contributed by atoms with Gasteiger partial charge in [-0.2, -0.15) is 0 Å². The van der Waals surface area contributed by atoms with E-state index in [9.17, 15) is 0 Å². The molecule has 3 N–H and O–H groups in total. The molecule has 1 fully saturated rings. The van der Waals surface area contributed by atoms with Crippen LogP contribution in [0.4, 0.5) is 0 Å². The summed E-state index contributed by atoms with van der Waals surface area (Å²) in [5, 5.41) is 0. The molecule has 18 heavy (non-hydrogen) atoms. The maximum atomic E-state index is 6.14. The van der Waals surface area contributed by atoms with Gasteiger partial charge >= 0.3 is 0 Å². The zero-order valence-corrected chi connectivity index (χ0v) is 12.2. The Kier molecular flexibility index (Phi) is 7.15. The van der Waals surface area contributed by atoms with E-state index in [0.717, 1.165) is 44.8 Å². The standard InChI is InChI=1S/C14H30N2O2/c1-4-18-14(9-5-7-12(2)11-14)13(16-15)8-6-10-17-3/h12-13,16H,4-11,15H2,1-3H3. The smallest absolute Gasteiger partial charge is 0.0850 e. The third kappa shape index (κ3) is 4.19. The van der Waals surface area contributed by atoms with Gasteiger partial charge in [0.25, 0.3) is 0 Å². The summed E-state index contributed by atoms with van der Waals surface area (Å²) in [7, 11) is 1.74. The van der Waals surface area contributed by atoms with Crippen LogP contribution in [-0.4, -0.2) is 32.0 Å². The number of methoxy groups -OCH3 is 1. The predicted molar refractivity (Wildman–Crippen MR) is 74.2 cm³/mol. The zero-order valence-electron chi connectivity index (χ0n) is 12.2. The van der Waals surface area contributed by atoms with Crippen molar-refractivity contribution in [3.8, 4) is 0 Å². The predicted octanol–water partition coefficient (Wildman–Crippen LogP) is 2.23. The highest BCUT2D eigenvalue weighted by atomic mass is 16.5.